The standard InChI is InChI=1S/C22H13N3O3/c26-19-13-8-4-5-9-14(13)20(27)17-15(19)10-11-16-18(17)25-22(28)21(24-16)23-12-6-2-1-3-7-12/h1-11H,(H,23,24)(H,25,28). The van der Waals surface area contributed by atoms with Crippen molar-refractivity contribution >= 4 is 34.1 Å². The summed E-state index contributed by atoms with van der Waals surface area (Å²) in [5, 5.41) is 2.97. The number of aromatic amines is 1. The summed E-state index contributed by atoms with van der Waals surface area (Å²) in [6.45, 7) is 0. The van der Waals surface area contributed by atoms with Crippen LogP contribution in [-0.4, -0.2) is 21.5 Å². The number of carbonyl (C=O) groups excluding carboxylic acids is 2. The molecule has 0 saturated carbocycles. The molecule has 0 fully saturated rings. The van der Waals surface area contributed by atoms with E-state index >= 15 is 0 Å². The first-order chi connectivity index (χ1) is 13.6. The third-order valence-corrected chi connectivity index (χ3v) is 4.79. The molecule has 0 radical (unpaired) electrons. The largest absolute Gasteiger partial charge is 0.336 e. The lowest BCUT2D eigenvalue weighted by Crippen LogP contribution is -2.23. The zero-order valence-corrected chi connectivity index (χ0v) is 14.5. The Morgan fingerprint density at radius 3 is 2.14 bits per heavy atom. The lowest BCUT2D eigenvalue weighted by atomic mass is 9.83. The average Bonchev–Trinajstić information content (AvgIpc) is 2.73. The third kappa shape index (κ3) is 2.35. The highest BCUT2D eigenvalue weighted by Crippen LogP contribution is 2.31. The molecule has 1 aliphatic rings. The summed E-state index contributed by atoms with van der Waals surface area (Å²) in [5.41, 5.74) is 2.12. The van der Waals surface area contributed by atoms with E-state index in [2.05, 4.69) is 15.3 Å². The van der Waals surface area contributed by atoms with Gasteiger partial charge in [-0.2, -0.15) is 0 Å². The molecule has 0 aliphatic heterocycles. The maximum absolute atomic E-state index is 13.0. The molecule has 0 saturated heterocycles. The van der Waals surface area contributed by atoms with Gasteiger partial charge in [0.05, 0.1) is 16.6 Å². The normalized spacial score (nSPS) is 12.6. The van der Waals surface area contributed by atoms with Crippen LogP contribution in [0.1, 0.15) is 31.8 Å². The van der Waals surface area contributed by atoms with Crippen LogP contribution in [0.5, 0.6) is 0 Å². The molecule has 0 atom stereocenters. The van der Waals surface area contributed by atoms with Crippen molar-refractivity contribution in [2.45, 2.75) is 0 Å². The van der Waals surface area contributed by atoms with Crippen LogP contribution in [-0.2, 0) is 0 Å². The SMILES string of the molecule is O=C1c2ccccc2C(=O)c2c1ccc1nc(Nc3ccccc3)c(=O)[nH]c21. The van der Waals surface area contributed by atoms with Crippen LogP contribution in [0.2, 0.25) is 0 Å². The van der Waals surface area contributed by atoms with Gasteiger partial charge in [0.15, 0.2) is 17.4 Å². The predicted molar refractivity (Wildman–Crippen MR) is 105 cm³/mol. The van der Waals surface area contributed by atoms with Gasteiger partial charge in [-0.05, 0) is 24.3 Å². The van der Waals surface area contributed by atoms with Crippen LogP contribution in [0, 0.1) is 0 Å². The summed E-state index contributed by atoms with van der Waals surface area (Å²) in [5.74, 6) is -0.412. The topological polar surface area (TPSA) is 91.9 Å². The van der Waals surface area contributed by atoms with Crippen molar-refractivity contribution in [3.8, 4) is 0 Å². The summed E-state index contributed by atoms with van der Waals surface area (Å²) >= 11 is 0. The number of nitrogens with one attached hydrogen (secondary N) is 2. The van der Waals surface area contributed by atoms with E-state index in [1.807, 2.05) is 30.3 Å². The van der Waals surface area contributed by atoms with Gasteiger partial charge < -0.3 is 10.3 Å². The van der Waals surface area contributed by atoms with Crippen molar-refractivity contribution in [1.29, 1.82) is 0 Å². The second-order valence-electron chi connectivity index (χ2n) is 6.49. The molecule has 2 N–H and O–H groups in total. The molecule has 1 aliphatic carbocycles. The van der Waals surface area contributed by atoms with Gasteiger partial charge in [-0.1, -0.05) is 42.5 Å². The summed E-state index contributed by atoms with van der Waals surface area (Å²) < 4.78 is 0. The number of benzene rings is 3. The number of rotatable bonds is 2. The van der Waals surface area contributed by atoms with Crippen molar-refractivity contribution in [2.24, 2.45) is 0 Å². The molecule has 28 heavy (non-hydrogen) atoms. The first-order valence-electron chi connectivity index (χ1n) is 8.71. The molecule has 1 heterocycles. The number of nitrogens with zero attached hydrogens (tertiary/aromatic N) is 1. The molecule has 6 heteroatoms. The lowest BCUT2D eigenvalue weighted by molar-refractivity contribution is 0.0980. The third-order valence-electron chi connectivity index (χ3n) is 4.79. The van der Waals surface area contributed by atoms with Crippen molar-refractivity contribution in [1.82, 2.24) is 9.97 Å². The van der Waals surface area contributed by atoms with Gasteiger partial charge in [-0.25, -0.2) is 4.98 Å². The second-order valence-corrected chi connectivity index (χ2v) is 6.49. The van der Waals surface area contributed by atoms with Gasteiger partial charge in [0, 0.05) is 22.4 Å². The highest BCUT2D eigenvalue weighted by Gasteiger charge is 2.31. The molecule has 5 rings (SSSR count). The van der Waals surface area contributed by atoms with E-state index in [0.29, 0.717) is 16.6 Å². The molecule has 0 amide bonds. The van der Waals surface area contributed by atoms with E-state index in [4.69, 9.17) is 0 Å². The Labute approximate surface area is 158 Å². The van der Waals surface area contributed by atoms with E-state index in [9.17, 15) is 14.4 Å². The first-order valence-corrected chi connectivity index (χ1v) is 8.71. The molecule has 0 spiro atoms. The molecule has 0 bridgehead atoms. The zero-order chi connectivity index (χ0) is 19.3. The molecule has 6 nitrogen and oxygen atoms in total. The van der Waals surface area contributed by atoms with Gasteiger partial charge in [-0.15, -0.1) is 0 Å². The zero-order valence-electron chi connectivity index (χ0n) is 14.5. The summed E-state index contributed by atoms with van der Waals surface area (Å²) in [6, 6.07) is 19.1. The van der Waals surface area contributed by atoms with Gasteiger partial charge in [0.2, 0.25) is 0 Å². The fourth-order valence-corrected chi connectivity index (χ4v) is 3.48. The Balaban J connectivity index is 1.70. The maximum Gasteiger partial charge on any atom is 0.291 e. The van der Waals surface area contributed by atoms with E-state index in [0.717, 1.165) is 5.69 Å². The van der Waals surface area contributed by atoms with E-state index in [1.54, 1.807) is 36.4 Å². The fourth-order valence-electron chi connectivity index (χ4n) is 3.48. The predicted octanol–water partition coefficient (Wildman–Crippen LogP) is 3.44. The van der Waals surface area contributed by atoms with Gasteiger partial charge in [0.25, 0.3) is 5.56 Å². The van der Waals surface area contributed by atoms with E-state index in [1.165, 1.54) is 0 Å². The molecular formula is C22H13N3O3. The molecular weight excluding hydrogens is 354 g/mol. The molecule has 3 aromatic carbocycles. The molecule has 0 unspecified atom stereocenters. The van der Waals surface area contributed by atoms with Crippen LogP contribution >= 0.6 is 0 Å². The second kappa shape index (κ2) is 5.99. The first kappa shape index (κ1) is 16.1. The van der Waals surface area contributed by atoms with Crippen molar-refractivity contribution in [3.63, 3.8) is 0 Å². The van der Waals surface area contributed by atoms with Crippen LogP contribution in [0.25, 0.3) is 11.0 Å². The monoisotopic (exact) mass is 367 g/mol. The maximum atomic E-state index is 13.0. The summed E-state index contributed by atoms with van der Waals surface area (Å²) in [7, 11) is 0. The Hall–Kier alpha value is -4.06. The minimum Gasteiger partial charge on any atom is -0.336 e. The van der Waals surface area contributed by atoms with Crippen LogP contribution in [0.15, 0.2) is 71.5 Å². The minimum atomic E-state index is -0.469. The van der Waals surface area contributed by atoms with Crippen LogP contribution < -0.4 is 10.9 Å². The van der Waals surface area contributed by atoms with Gasteiger partial charge in [-0.3, -0.25) is 14.4 Å². The van der Waals surface area contributed by atoms with Crippen LogP contribution in [0.4, 0.5) is 11.5 Å². The summed E-state index contributed by atoms with van der Waals surface area (Å²) in [4.78, 5) is 45.5. The van der Waals surface area contributed by atoms with Gasteiger partial charge >= 0.3 is 0 Å². The highest BCUT2D eigenvalue weighted by atomic mass is 16.1. The quantitative estimate of drug-likeness (QED) is 0.499. The molecule has 4 aromatic rings. The number of hydrogen-bond acceptors (Lipinski definition) is 5. The Morgan fingerprint density at radius 2 is 1.39 bits per heavy atom. The number of ketones is 2. The minimum absolute atomic E-state index is 0.119. The molecule has 134 valence electrons. The fraction of sp³-hybridized carbons (Fsp3) is 0. The van der Waals surface area contributed by atoms with E-state index < -0.39 is 5.56 Å². The Bertz CT molecular complexity index is 1340. The number of H-pyrrole nitrogens is 1. The van der Waals surface area contributed by atoms with Crippen LogP contribution in [0.3, 0.4) is 0 Å². The number of carbonyl (C=O) groups is 2. The number of para-hydroxylation sites is 1. The number of aromatic nitrogens is 2. The highest BCUT2D eigenvalue weighted by molar-refractivity contribution is 6.31. The van der Waals surface area contributed by atoms with Crippen molar-refractivity contribution in [2.75, 3.05) is 5.32 Å². The van der Waals surface area contributed by atoms with Gasteiger partial charge in [0.1, 0.15) is 0 Å². The molecule has 1 aromatic heterocycles. The van der Waals surface area contributed by atoms with Crippen molar-refractivity contribution in [3.05, 3.63) is 99.3 Å². The lowest BCUT2D eigenvalue weighted by Gasteiger charge is -2.18. The summed E-state index contributed by atoms with van der Waals surface area (Å²) in [6.07, 6.45) is 0. The smallest absolute Gasteiger partial charge is 0.291 e. The Kier molecular flexibility index (Phi) is 3.45. The number of hydrogen-bond donors (Lipinski definition) is 2. The van der Waals surface area contributed by atoms with Crippen molar-refractivity contribution < 1.29 is 9.59 Å². The average molecular weight is 367 g/mol. The number of anilines is 2. The van der Waals surface area contributed by atoms with E-state index in [-0.39, 0.29) is 34.0 Å². The number of fused-ring (bicyclic) bond motifs is 4. The Morgan fingerprint density at radius 1 is 0.714 bits per heavy atom.